The lowest BCUT2D eigenvalue weighted by atomic mass is 10.1. The minimum absolute atomic E-state index is 0.257. The Morgan fingerprint density at radius 2 is 1.88 bits per heavy atom. The topological polar surface area (TPSA) is 79.4 Å². The van der Waals surface area contributed by atoms with E-state index in [0.717, 1.165) is 18.8 Å². The molecule has 1 aliphatic rings. The van der Waals surface area contributed by atoms with Gasteiger partial charge >= 0.3 is 0 Å². The minimum atomic E-state index is -0.257. The summed E-state index contributed by atoms with van der Waals surface area (Å²) >= 11 is 0. The third-order valence-electron chi connectivity index (χ3n) is 4.34. The second-order valence-electron chi connectivity index (χ2n) is 6.26. The summed E-state index contributed by atoms with van der Waals surface area (Å²) in [6.45, 7) is 3.17. The highest BCUT2D eigenvalue weighted by molar-refractivity contribution is 5.92. The second-order valence-corrected chi connectivity index (χ2v) is 6.26. The predicted molar refractivity (Wildman–Crippen MR) is 102 cm³/mol. The van der Waals surface area contributed by atoms with E-state index in [9.17, 15) is 4.79 Å². The molecule has 2 aromatic rings. The van der Waals surface area contributed by atoms with Gasteiger partial charge in [0.25, 0.3) is 5.91 Å². The number of nitrogens with zero attached hydrogens (tertiary/aromatic N) is 3. The van der Waals surface area contributed by atoms with Crippen molar-refractivity contribution in [3.05, 3.63) is 42.4 Å². The number of amides is 1. The van der Waals surface area contributed by atoms with Crippen molar-refractivity contribution in [3.63, 3.8) is 0 Å². The van der Waals surface area contributed by atoms with Crippen molar-refractivity contribution < 1.29 is 9.53 Å². The van der Waals surface area contributed by atoms with Crippen LogP contribution in [0.4, 0.5) is 17.2 Å². The zero-order valence-corrected chi connectivity index (χ0v) is 15.1. The van der Waals surface area contributed by atoms with Gasteiger partial charge in [-0.2, -0.15) is 0 Å². The number of hydrogen-bond donors (Lipinski definition) is 2. The number of hydrogen-bond acceptors (Lipinski definition) is 6. The lowest BCUT2D eigenvalue weighted by Gasteiger charge is -2.28. The van der Waals surface area contributed by atoms with Gasteiger partial charge in [-0.1, -0.05) is 0 Å². The Hall–Kier alpha value is -2.67. The molecule has 1 fully saturated rings. The highest BCUT2D eigenvalue weighted by Crippen LogP contribution is 2.23. The average Bonchev–Trinajstić information content (AvgIpc) is 2.70. The fourth-order valence-corrected chi connectivity index (χ4v) is 2.92. The van der Waals surface area contributed by atoms with Gasteiger partial charge in [-0.25, -0.2) is 9.97 Å². The van der Waals surface area contributed by atoms with Crippen LogP contribution in [0.15, 0.2) is 36.7 Å². The zero-order chi connectivity index (χ0) is 18.2. The molecule has 0 bridgehead atoms. The lowest BCUT2D eigenvalue weighted by Crippen LogP contribution is -2.29. The summed E-state index contributed by atoms with van der Waals surface area (Å²) in [6, 6.07) is 8.32. The van der Waals surface area contributed by atoms with Crippen LogP contribution in [-0.4, -0.2) is 49.2 Å². The second kappa shape index (κ2) is 9.15. The van der Waals surface area contributed by atoms with Crippen LogP contribution in [0.2, 0.25) is 0 Å². The van der Waals surface area contributed by atoms with Crippen molar-refractivity contribution in [2.24, 2.45) is 0 Å². The molecule has 1 aromatic heterocycles. The molecule has 0 radical (unpaired) electrons. The van der Waals surface area contributed by atoms with Crippen molar-refractivity contribution in [3.8, 4) is 0 Å². The Morgan fingerprint density at radius 1 is 1.12 bits per heavy atom. The quantitative estimate of drug-likeness (QED) is 0.743. The van der Waals surface area contributed by atoms with Crippen LogP contribution in [0.1, 0.15) is 29.8 Å². The van der Waals surface area contributed by atoms with E-state index >= 15 is 0 Å². The lowest BCUT2D eigenvalue weighted by molar-refractivity contribution is 0.0932. The highest BCUT2D eigenvalue weighted by atomic mass is 16.5. The number of piperidine rings is 1. The van der Waals surface area contributed by atoms with E-state index < -0.39 is 0 Å². The van der Waals surface area contributed by atoms with E-state index in [1.165, 1.54) is 31.1 Å². The number of benzene rings is 1. The van der Waals surface area contributed by atoms with Gasteiger partial charge in [0.15, 0.2) is 0 Å². The van der Waals surface area contributed by atoms with Crippen LogP contribution < -0.4 is 15.5 Å². The standard InChI is InChI=1S/C19H25N5O2/c1-26-12-9-20-19(25)17-13-22-18(14-21-17)23-15-5-7-16(8-6-15)24-10-3-2-4-11-24/h5-8,13-14H,2-4,9-12H2,1H3,(H,20,25)(H,22,23). The molecule has 1 saturated heterocycles. The number of aromatic nitrogens is 2. The summed E-state index contributed by atoms with van der Waals surface area (Å²) in [5.74, 6) is 0.344. The first-order valence-corrected chi connectivity index (χ1v) is 8.97. The Morgan fingerprint density at radius 3 is 2.54 bits per heavy atom. The predicted octanol–water partition coefficient (Wildman–Crippen LogP) is 2.59. The maximum Gasteiger partial charge on any atom is 0.271 e. The van der Waals surface area contributed by atoms with Gasteiger partial charge in [0.05, 0.1) is 19.0 Å². The Kier molecular flexibility index (Phi) is 6.38. The van der Waals surface area contributed by atoms with E-state index in [0.29, 0.717) is 19.0 Å². The molecule has 3 rings (SSSR count). The van der Waals surface area contributed by atoms with Crippen LogP contribution >= 0.6 is 0 Å². The molecular weight excluding hydrogens is 330 g/mol. The van der Waals surface area contributed by atoms with Gasteiger partial charge in [0.2, 0.25) is 0 Å². The maximum absolute atomic E-state index is 11.9. The number of ether oxygens (including phenoxy) is 1. The van der Waals surface area contributed by atoms with Gasteiger partial charge in [-0.15, -0.1) is 0 Å². The fourth-order valence-electron chi connectivity index (χ4n) is 2.92. The molecule has 0 atom stereocenters. The van der Waals surface area contributed by atoms with Crippen molar-refractivity contribution in [1.29, 1.82) is 0 Å². The smallest absolute Gasteiger partial charge is 0.271 e. The van der Waals surface area contributed by atoms with E-state index in [2.05, 4.69) is 37.6 Å². The van der Waals surface area contributed by atoms with Crippen molar-refractivity contribution in [1.82, 2.24) is 15.3 Å². The molecule has 0 unspecified atom stereocenters. The molecule has 0 aliphatic carbocycles. The number of rotatable bonds is 7. The van der Waals surface area contributed by atoms with Gasteiger partial charge in [-0.3, -0.25) is 4.79 Å². The number of carbonyl (C=O) groups excluding carboxylic acids is 1. The molecule has 0 saturated carbocycles. The summed E-state index contributed by atoms with van der Waals surface area (Å²) in [5, 5.41) is 5.92. The van der Waals surface area contributed by atoms with E-state index in [-0.39, 0.29) is 11.6 Å². The summed E-state index contributed by atoms with van der Waals surface area (Å²) in [4.78, 5) is 22.7. The monoisotopic (exact) mass is 355 g/mol. The maximum atomic E-state index is 11.9. The molecule has 2 N–H and O–H groups in total. The molecule has 2 heterocycles. The summed E-state index contributed by atoms with van der Waals surface area (Å²) < 4.78 is 4.90. The summed E-state index contributed by atoms with van der Waals surface area (Å²) in [5.41, 5.74) is 2.48. The Balaban J connectivity index is 1.56. The van der Waals surface area contributed by atoms with Crippen LogP contribution in [0, 0.1) is 0 Å². The van der Waals surface area contributed by atoms with E-state index in [4.69, 9.17) is 4.74 Å². The highest BCUT2D eigenvalue weighted by Gasteiger charge is 2.11. The van der Waals surface area contributed by atoms with Crippen molar-refractivity contribution in [2.45, 2.75) is 19.3 Å². The molecule has 138 valence electrons. The Bertz CT molecular complexity index is 697. The first-order valence-electron chi connectivity index (χ1n) is 8.97. The van der Waals surface area contributed by atoms with Crippen molar-refractivity contribution in [2.75, 3.05) is 43.6 Å². The molecule has 1 amide bonds. The van der Waals surface area contributed by atoms with Gasteiger partial charge in [0.1, 0.15) is 11.5 Å². The normalized spacial score (nSPS) is 14.1. The minimum Gasteiger partial charge on any atom is -0.383 e. The zero-order valence-electron chi connectivity index (χ0n) is 15.1. The number of nitrogens with one attached hydrogen (secondary N) is 2. The summed E-state index contributed by atoms with van der Waals surface area (Å²) in [7, 11) is 1.59. The molecule has 7 heteroatoms. The SMILES string of the molecule is COCCNC(=O)c1cnc(Nc2ccc(N3CCCCC3)cc2)cn1. The van der Waals surface area contributed by atoms with Crippen LogP contribution in [0.25, 0.3) is 0 Å². The molecule has 1 aromatic carbocycles. The third-order valence-corrected chi connectivity index (χ3v) is 4.34. The third kappa shape index (κ3) is 4.92. The van der Waals surface area contributed by atoms with E-state index in [1.54, 1.807) is 13.3 Å². The number of carbonyl (C=O) groups is 1. The van der Waals surface area contributed by atoms with Crippen LogP contribution in [0.5, 0.6) is 0 Å². The molecule has 7 nitrogen and oxygen atoms in total. The van der Waals surface area contributed by atoms with Crippen LogP contribution in [-0.2, 0) is 4.74 Å². The average molecular weight is 355 g/mol. The fraction of sp³-hybridized carbons (Fsp3) is 0.421. The largest absolute Gasteiger partial charge is 0.383 e. The van der Waals surface area contributed by atoms with Crippen LogP contribution in [0.3, 0.4) is 0 Å². The first kappa shape index (κ1) is 18.1. The molecule has 0 spiro atoms. The summed E-state index contributed by atoms with van der Waals surface area (Å²) in [6.07, 6.45) is 6.88. The van der Waals surface area contributed by atoms with Gasteiger partial charge in [-0.05, 0) is 43.5 Å². The van der Waals surface area contributed by atoms with Crippen molar-refractivity contribution >= 4 is 23.1 Å². The Labute approximate surface area is 153 Å². The molecule has 1 aliphatic heterocycles. The van der Waals surface area contributed by atoms with Gasteiger partial charge in [0, 0.05) is 38.1 Å². The number of anilines is 3. The molecule has 26 heavy (non-hydrogen) atoms. The molecular formula is C19H25N5O2. The number of methoxy groups -OCH3 is 1. The first-order chi connectivity index (χ1) is 12.8. The van der Waals surface area contributed by atoms with Gasteiger partial charge < -0.3 is 20.3 Å². The van der Waals surface area contributed by atoms with E-state index in [1.807, 2.05) is 12.1 Å².